The van der Waals surface area contributed by atoms with Crippen molar-refractivity contribution in [2.45, 2.75) is 0 Å². The molecule has 0 aromatic heterocycles. The Hall–Kier alpha value is -8.84. The van der Waals surface area contributed by atoms with Gasteiger partial charge in [-0.15, -0.1) is 0 Å². The summed E-state index contributed by atoms with van der Waals surface area (Å²) in [5.74, 6) is 0. The fraction of sp³-hybridized carbons (Fsp3) is 0. The molecule has 0 bridgehead atoms. The Morgan fingerprint density at radius 2 is 0.456 bits per heavy atom. The highest BCUT2D eigenvalue weighted by molar-refractivity contribution is 6.26. The van der Waals surface area contributed by atoms with Crippen molar-refractivity contribution in [2.24, 2.45) is 0 Å². The Bertz CT molecular complexity index is 4320. The smallest absolute Gasteiger partial charge is 0.00201 e. The summed E-state index contributed by atoms with van der Waals surface area (Å²) in [6.45, 7) is 0. The van der Waals surface area contributed by atoms with Gasteiger partial charge in [-0.05, 0) is 166 Å². The lowest BCUT2D eigenvalue weighted by molar-refractivity contribution is 1.65. The van der Waals surface area contributed by atoms with E-state index in [1.54, 1.807) is 0 Å². The van der Waals surface area contributed by atoms with E-state index in [4.69, 9.17) is 0 Å². The number of fused-ring (bicyclic) bond motifs is 8. The molecule has 14 aromatic rings. The molecule has 0 atom stereocenters. The molecule has 0 aliphatic carbocycles. The van der Waals surface area contributed by atoms with Crippen molar-refractivity contribution in [3.8, 4) is 55.6 Å². The summed E-state index contributed by atoms with van der Waals surface area (Å²) in [7, 11) is 0. The van der Waals surface area contributed by atoms with Crippen LogP contribution < -0.4 is 0 Å². The topological polar surface area (TPSA) is 0 Å². The SMILES string of the molecule is c1ccc2cc(-c3c4ccccc4c(-c4ccc5ccccc5c4)c4cc(-c5cccc6c(-c7c8ccccc8c(-c8ccc9ccccc9c8)c8ccccc78)cccc56)ccc34)ccc2c1. The van der Waals surface area contributed by atoms with Gasteiger partial charge in [0.2, 0.25) is 0 Å². The lowest BCUT2D eigenvalue weighted by atomic mass is 9.83. The minimum atomic E-state index is 1.20. The van der Waals surface area contributed by atoms with Crippen LogP contribution in [0.25, 0.3) is 142 Å². The first-order chi connectivity index (χ1) is 33.7. The molecule has 0 unspecified atom stereocenters. The van der Waals surface area contributed by atoms with Gasteiger partial charge < -0.3 is 0 Å². The summed E-state index contributed by atoms with van der Waals surface area (Å²) < 4.78 is 0. The third kappa shape index (κ3) is 6.01. The Morgan fingerprint density at radius 1 is 0.147 bits per heavy atom. The van der Waals surface area contributed by atoms with E-state index < -0.39 is 0 Å². The second kappa shape index (κ2) is 15.4. The Labute approximate surface area is 394 Å². The van der Waals surface area contributed by atoms with Gasteiger partial charge in [-0.25, -0.2) is 0 Å². The van der Waals surface area contributed by atoms with E-state index in [-0.39, 0.29) is 0 Å². The summed E-state index contributed by atoms with van der Waals surface area (Å²) in [6, 6.07) is 94.9. The zero-order chi connectivity index (χ0) is 44.7. The molecular formula is C68H42. The minimum absolute atomic E-state index is 1.20. The van der Waals surface area contributed by atoms with Gasteiger partial charge in [0.25, 0.3) is 0 Å². The first-order valence-electron chi connectivity index (χ1n) is 23.7. The summed E-state index contributed by atoms with van der Waals surface area (Å²) in [5.41, 5.74) is 12.4. The Morgan fingerprint density at radius 3 is 0.897 bits per heavy atom. The predicted octanol–water partition coefficient (Wildman–Crippen LogP) is 19.2. The molecule has 0 saturated heterocycles. The maximum absolute atomic E-state index is 2.47. The third-order valence-electron chi connectivity index (χ3n) is 14.6. The van der Waals surface area contributed by atoms with Crippen molar-refractivity contribution in [1.29, 1.82) is 0 Å². The lowest BCUT2D eigenvalue weighted by Gasteiger charge is -2.20. The maximum atomic E-state index is 2.47. The fourth-order valence-corrected chi connectivity index (χ4v) is 11.5. The van der Waals surface area contributed by atoms with E-state index in [9.17, 15) is 0 Å². The molecule has 0 heteroatoms. The van der Waals surface area contributed by atoms with E-state index in [1.807, 2.05) is 0 Å². The van der Waals surface area contributed by atoms with E-state index >= 15 is 0 Å². The molecule has 314 valence electrons. The standard InChI is InChI=1S/C68H42/c1-4-18-46-39-50(34-31-43(46)15-1)65-59-23-9-11-25-61(59)68(62-26-12-10-24-60(62)65)56-30-14-28-54-53(27-13-29-55(54)56)49-37-38-63-64(42-49)67(52-36-33-45-17-3-6-20-48(45)41-52)58-22-8-7-21-57(58)66(63)51-35-32-44-16-2-5-19-47(44)40-51/h1-42H. The molecule has 0 amide bonds. The van der Waals surface area contributed by atoms with Gasteiger partial charge in [-0.1, -0.05) is 231 Å². The molecule has 0 aliphatic rings. The third-order valence-corrected chi connectivity index (χ3v) is 14.6. The normalized spacial score (nSPS) is 11.8. The van der Waals surface area contributed by atoms with Crippen LogP contribution in [0.5, 0.6) is 0 Å². The average Bonchev–Trinajstić information content (AvgIpc) is 3.40. The predicted molar refractivity (Wildman–Crippen MR) is 294 cm³/mol. The van der Waals surface area contributed by atoms with Crippen LogP contribution in [0.1, 0.15) is 0 Å². The van der Waals surface area contributed by atoms with E-state index in [1.165, 1.54) is 142 Å². The Balaban J connectivity index is 1.02. The van der Waals surface area contributed by atoms with Crippen LogP contribution in [0.15, 0.2) is 255 Å². The first-order valence-corrected chi connectivity index (χ1v) is 23.7. The van der Waals surface area contributed by atoms with Crippen LogP contribution in [0, 0.1) is 0 Å². The molecule has 0 fully saturated rings. The second-order valence-corrected chi connectivity index (χ2v) is 18.3. The van der Waals surface area contributed by atoms with Crippen molar-refractivity contribution in [2.75, 3.05) is 0 Å². The number of rotatable bonds is 5. The van der Waals surface area contributed by atoms with Crippen LogP contribution in [0.4, 0.5) is 0 Å². The van der Waals surface area contributed by atoms with Crippen LogP contribution in [-0.4, -0.2) is 0 Å². The monoisotopic (exact) mass is 858 g/mol. The molecule has 0 spiro atoms. The lowest BCUT2D eigenvalue weighted by Crippen LogP contribution is -1.93. The maximum Gasteiger partial charge on any atom is -0.00201 e. The number of hydrogen-bond acceptors (Lipinski definition) is 0. The number of benzene rings is 14. The van der Waals surface area contributed by atoms with Crippen LogP contribution in [-0.2, 0) is 0 Å². The van der Waals surface area contributed by atoms with Gasteiger partial charge in [0, 0.05) is 0 Å². The van der Waals surface area contributed by atoms with Gasteiger partial charge in [-0.3, -0.25) is 0 Å². The van der Waals surface area contributed by atoms with Gasteiger partial charge in [0.15, 0.2) is 0 Å². The fourth-order valence-electron chi connectivity index (χ4n) is 11.5. The van der Waals surface area contributed by atoms with E-state index in [2.05, 4.69) is 255 Å². The highest BCUT2D eigenvalue weighted by Gasteiger charge is 2.21. The molecule has 14 aromatic carbocycles. The van der Waals surface area contributed by atoms with Crippen molar-refractivity contribution in [3.63, 3.8) is 0 Å². The van der Waals surface area contributed by atoms with Crippen molar-refractivity contribution >= 4 is 86.2 Å². The first kappa shape index (κ1) is 38.4. The largest absolute Gasteiger partial charge is 0.0616 e. The van der Waals surface area contributed by atoms with Crippen LogP contribution >= 0.6 is 0 Å². The highest BCUT2D eigenvalue weighted by Crippen LogP contribution is 2.49. The molecule has 0 saturated carbocycles. The second-order valence-electron chi connectivity index (χ2n) is 18.3. The molecule has 0 N–H and O–H groups in total. The zero-order valence-corrected chi connectivity index (χ0v) is 37.2. The van der Waals surface area contributed by atoms with Crippen LogP contribution in [0.2, 0.25) is 0 Å². The van der Waals surface area contributed by atoms with Crippen molar-refractivity contribution < 1.29 is 0 Å². The van der Waals surface area contributed by atoms with Crippen molar-refractivity contribution in [3.05, 3.63) is 255 Å². The molecule has 0 radical (unpaired) electrons. The summed E-state index contributed by atoms with van der Waals surface area (Å²) in [6.07, 6.45) is 0. The zero-order valence-electron chi connectivity index (χ0n) is 37.2. The summed E-state index contributed by atoms with van der Waals surface area (Å²) >= 11 is 0. The van der Waals surface area contributed by atoms with Gasteiger partial charge >= 0.3 is 0 Å². The number of hydrogen-bond donors (Lipinski definition) is 0. The van der Waals surface area contributed by atoms with Crippen LogP contribution in [0.3, 0.4) is 0 Å². The summed E-state index contributed by atoms with van der Waals surface area (Å²) in [4.78, 5) is 0. The quantitative estimate of drug-likeness (QED) is 0.151. The van der Waals surface area contributed by atoms with E-state index in [0.717, 1.165) is 0 Å². The average molecular weight is 859 g/mol. The minimum Gasteiger partial charge on any atom is -0.0616 e. The van der Waals surface area contributed by atoms with Gasteiger partial charge in [0.1, 0.15) is 0 Å². The molecular weight excluding hydrogens is 817 g/mol. The molecule has 0 aliphatic heterocycles. The van der Waals surface area contributed by atoms with Gasteiger partial charge in [-0.2, -0.15) is 0 Å². The molecule has 0 nitrogen and oxygen atoms in total. The Kier molecular flexibility index (Phi) is 8.69. The highest BCUT2D eigenvalue weighted by atomic mass is 14.2. The molecule has 14 rings (SSSR count). The van der Waals surface area contributed by atoms with Gasteiger partial charge in [0.05, 0.1) is 0 Å². The molecule has 0 heterocycles. The van der Waals surface area contributed by atoms with Crippen molar-refractivity contribution in [1.82, 2.24) is 0 Å². The molecule has 68 heavy (non-hydrogen) atoms. The summed E-state index contributed by atoms with van der Waals surface area (Å²) in [5, 5.41) is 20.0. The van der Waals surface area contributed by atoms with E-state index in [0.29, 0.717) is 0 Å².